The molecule has 5 aliphatic rings. The van der Waals surface area contributed by atoms with E-state index in [2.05, 4.69) is 36.9 Å². The van der Waals surface area contributed by atoms with Crippen LogP contribution in [0.5, 0.6) is 0 Å². The van der Waals surface area contributed by atoms with Crippen LogP contribution >= 0.6 is 11.6 Å². The fourth-order valence-electron chi connectivity index (χ4n) is 5.87. The Bertz CT molecular complexity index is 770. The maximum atomic E-state index is 13.8. The molecule has 6 atom stereocenters. The molecule has 1 heterocycles. The third kappa shape index (κ3) is 5.53. The molecule has 5 fully saturated rings. The topological polar surface area (TPSA) is 109 Å². The maximum Gasteiger partial charge on any atom is 0.251 e. The smallest absolute Gasteiger partial charge is 0.251 e. The number of aliphatic hydroxyl groups excluding tert-OH is 1. The van der Waals surface area contributed by atoms with Crippen molar-refractivity contribution in [3.05, 3.63) is 0 Å². The van der Waals surface area contributed by atoms with E-state index in [9.17, 15) is 19.1 Å². The summed E-state index contributed by atoms with van der Waals surface area (Å²) in [6.45, 7) is 6.15. The molecule has 0 aromatic heterocycles. The maximum absolute atomic E-state index is 13.8. The predicted molar refractivity (Wildman–Crippen MR) is 125 cm³/mol. The molecule has 194 valence electrons. The van der Waals surface area contributed by atoms with E-state index >= 15 is 0 Å². The highest BCUT2D eigenvalue weighted by atomic mass is 35.5. The van der Waals surface area contributed by atoms with E-state index in [0.717, 1.165) is 0 Å². The number of carbonyl (C=O) groups is 2. The first-order valence-electron chi connectivity index (χ1n) is 12.5. The minimum atomic E-state index is -1.12. The summed E-state index contributed by atoms with van der Waals surface area (Å²) in [7, 11) is 0. The zero-order valence-electron chi connectivity index (χ0n) is 20.4. The van der Waals surface area contributed by atoms with Crippen LogP contribution in [0.2, 0.25) is 0 Å². The van der Waals surface area contributed by atoms with Gasteiger partial charge in [-0.1, -0.05) is 20.8 Å². The summed E-state index contributed by atoms with van der Waals surface area (Å²) < 4.78 is 19.4. The molecule has 4 saturated carbocycles. The standard InChI is InChI=1S/C24H39ClFN3O5/c1-22(2,3)18-11-17(34-29-18)21(32)28-23-6-8-24(9-7-23,19(30)12-23)27-20(31)13-33-14-4-5-15(25)16(26)10-14/h14-19,29-30H,4-13H2,1-3H3,(H,27,31)(H,28,32). The Hall–Kier alpha value is -1.00. The number of aliphatic hydroxyl groups is 1. The van der Waals surface area contributed by atoms with Gasteiger partial charge < -0.3 is 20.5 Å². The third-order valence-electron chi connectivity index (χ3n) is 8.33. The van der Waals surface area contributed by atoms with Crippen molar-refractivity contribution in [2.45, 2.75) is 126 Å². The SMILES string of the molecule is CC(C)(C)C1CC(C(=O)NC23CCC(NC(=O)COC4CCC(Cl)C(F)C4)(CC2)C(O)C3)ON1. The summed E-state index contributed by atoms with van der Waals surface area (Å²) in [5.74, 6) is -0.462. The molecule has 8 nitrogen and oxygen atoms in total. The van der Waals surface area contributed by atoms with Gasteiger partial charge in [0, 0.05) is 24.4 Å². The number of rotatable bonds is 6. The molecule has 0 aromatic rings. The molecule has 0 spiro atoms. The lowest BCUT2D eigenvalue weighted by atomic mass is 9.59. The quantitative estimate of drug-likeness (QED) is 0.414. The highest BCUT2D eigenvalue weighted by Crippen LogP contribution is 2.47. The lowest BCUT2D eigenvalue weighted by molar-refractivity contribution is -0.144. The van der Waals surface area contributed by atoms with Crippen LogP contribution in [0.4, 0.5) is 4.39 Å². The first-order valence-corrected chi connectivity index (χ1v) is 13.0. The van der Waals surface area contributed by atoms with Crippen LogP contribution in [0.15, 0.2) is 0 Å². The van der Waals surface area contributed by atoms with E-state index in [1.807, 2.05) is 0 Å². The lowest BCUT2D eigenvalue weighted by Crippen LogP contribution is -2.70. The molecule has 2 amide bonds. The fourth-order valence-corrected chi connectivity index (χ4v) is 6.10. The van der Waals surface area contributed by atoms with Crippen LogP contribution in [0.25, 0.3) is 0 Å². The van der Waals surface area contributed by atoms with Gasteiger partial charge >= 0.3 is 0 Å². The van der Waals surface area contributed by atoms with Crippen molar-refractivity contribution in [3.63, 3.8) is 0 Å². The summed E-state index contributed by atoms with van der Waals surface area (Å²) in [4.78, 5) is 31.1. The fraction of sp³-hybridized carbons (Fsp3) is 0.917. The van der Waals surface area contributed by atoms with Gasteiger partial charge in [0.25, 0.3) is 5.91 Å². The van der Waals surface area contributed by atoms with E-state index in [1.54, 1.807) is 0 Å². The first-order chi connectivity index (χ1) is 15.9. The minimum Gasteiger partial charge on any atom is -0.391 e. The number of nitrogens with one attached hydrogen (secondary N) is 3. The molecule has 2 bridgehead atoms. The Labute approximate surface area is 206 Å². The minimum absolute atomic E-state index is 0.0161. The van der Waals surface area contributed by atoms with Crippen LogP contribution < -0.4 is 16.1 Å². The van der Waals surface area contributed by atoms with Gasteiger partial charge in [-0.2, -0.15) is 5.48 Å². The molecule has 34 heavy (non-hydrogen) atoms. The molecule has 1 saturated heterocycles. The molecule has 4 N–H and O–H groups in total. The van der Waals surface area contributed by atoms with Crippen molar-refractivity contribution in [1.82, 2.24) is 16.1 Å². The molecule has 5 rings (SSSR count). The third-order valence-corrected chi connectivity index (χ3v) is 8.82. The molecular formula is C24H39ClFN3O5. The van der Waals surface area contributed by atoms with Gasteiger partial charge in [-0.05, 0) is 50.4 Å². The number of carbonyl (C=O) groups excluding carboxylic acids is 2. The van der Waals surface area contributed by atoms with E-state index < -0.39 is 34.8 Å². The van der Waals surface area contributed by atoms with E-state index in [4.69, 9.17) is 21.2 Å². The second kappa shape index (κ2) is 9.81. The van der Waals surface area contributed by atoms with E-state index in [0.29, 0.717) is 51.4 Å². The highest BCUT2D eigenvalue weighted by Gasteiger charge is 2.56. The van der Waals surface area contributed by atoms with Crippen LogP contribution in [0, 0.1) is 5.41 Å². The van der Waals surface area contributed by atoms with Gasteiger partial charge in [-0.3, -0.25) is 14.4 Å². The van der Waals surface area contributed by atoms with Crippen LogP contribution in [0.1, 0.15) is 78.6 Å². The molecule has 10 heteroatoms. The average molecular weight is 504 g/mol. The monoisotopic (exact) mass is 503 g/mol. The van der Waals surface area contributed by atoms with Crippen molar-refractivity contribution < 1.29 is 28.7 Å². The number of alkyl halides is 2. The second-order valence-corrected chi connectivity index (χ2v) is 12.4. The van der Waals surface area contributed by atoms with E-state index in [1.165, 1.54) is 0 Å². The summed E-state index contributed by atoms with van der Waals surface area (Å²) in [6.07, 6.45) is 2.06. The number of hydroxylamine groups is 1. The van der Waals surface area contributed by atoms with Gasteiger partial charge in [0.2, 0.25) is 5.91 Å². The Morgan fingerprint density at radius 2 is 1.88 bits per heavy atom. The van der Waals surface area contributed by atoms with Crippen LogP contribution in [0.3, 0.4) is 0 Å². The van der Waals surface area contributed by atoms with Gasteiger partial charge in [-0.25, -0.2) is 4.39 Å². The predicted octanol–water partition coefficient (Wildman–Crippen LogP) is 2.26. The Kier molecular flexibility index (Phi) is 7.52. The lowest BCUT2D eigenvalue weighted by Gasteiger charge is -2.56. The number of hydrogen-bond acceptors (Lipinski definition) is 6. The summed E-state index contributed by atoms with van der Waals surface area (Å²) in [5.41, 5.74) is 1.77. The Balaban J connectivity index is 1.26. The molecule has 6 unspecified atom stereocenters. The Morgan fingerprint density at radius 1 is 1.18 bits per heavy atom. The van der Waals surface area contributed by atoms with Crippen molar-refractivity contribution in [2.75, 3.05) is 6.61 Å². The number of ether oxygens (including phenoxy) is 1. The number of amides is 2. The van der Waals surface area contributed by atoms with Gasteiger partial charge in [0.15, 0.2) is 6.10 Å². The van der Waals surface area contributed by atoms with Crippen molar-refractivity contribution in [3.8, 4) is 0 Å². The van der Waals surface area contributed by atoms with Crippen LogP contribution in [-0.4, -0.2) is 70.5 Å². The first kappa shape index (κ1) is 26.1. The summed E-state index contributed by atoms with van der Waals surface area (Å²) >= 11 is 5.91. The number of hydrogen-bond donors (Lipinski definition) is 4. The summed E-state index contributed by atoms with van der Waals surface area (Å²) in [5, 5.41) is 16.6. The van der Waals surface area contributed by atoms with E-state index in [-0.39, 0.29) is 42.4 Å². The zero-order chi connectivity index (χ0) is 24.7. The Morgan fingerprint density at radius 3 is 2.47 bits per heavy atom. The molecule has 1 aliphatic heterocycles. The van der Waals surface area contributed by atoms with Crippen LogP contribution in [-0.2, 0) is 19.2 Å². The molecule has 0 radical (unpaired) electrons. The molecule has 4 aliphatic carbocycles. The average Bonchev–Trinajstić information content (AvgIpc) is 3.27. The van der Waals surface area contributed by atoms with Gasteiger partial charge in [0.1, 0.15) is 12.8 Å². The van der Waals surface area contributed by atoms with Gasteiger partial charge in [-0.15, -0.1) is 11.6 Å². The van der Waals surface area contributed by atoms with Gasteiger partial charge in [0.05, 0.1) is 23.1 Å². The molecule has 0 aromatic carbocycles. The van der Waals surface area contributed by atoms with Crippen molar-refractivity contribution in [1.29, 1.82) is 0 Å². The molecular weight excluding hydrogens is 465 g/mol. The highest BCUT2D eigenvalue weighted by molar-refractivity contribution is 6.21. The number of fused-ring (bicyclic) bond motifs is 3. The van der Waals surface area contributed by atoms with Crippen molar-refractivity contribution in [2.24, 2.45) is 5.41 Å². The van der Waals surface area contributed by atoms with Crippen molar-refractivity contribution >= 4 is 23.4 Å². The zero-order valence-corrected chi connectivity index (χ0v) is 21.1. The number of halogens is 2. The second-order valence-electron chi connectivity index (χ2n) is 11.9. The normalized spacial score (nSPS) is 42.4. The largest absolute Gasteiger partial charge is 0.391 e. The summed E-state index contributed by atoms with van der Waals surface area (Å²) in [6, 6.07) is 0.0925.